The van der Waals surface area contributed by atoms with Crippen LogP contribution in [0.5, 0.6) is 0 Å². The van der Waals surface area contributed by atoms with Gasteiger partial charge in [0.05, 0.1) is 12.1 Å². The van der Waals surface area contributed by atoms with Crippen molar-refractivity contribution in [3.63, 3.8) is 0 Å². The van der Waals surface area contributed by atoms with Crippen LogP contribution in [0, 0.1) is 6.92 Å². The highest BCUT2D eigenvalue weighted by atomic mass is 19.4. The number of carbonyl (C=O) groups excluding carboxylic acids is 2. The number of benzene rings is 2. The second-order valence-corrected chi connectivity index (χ2v) is 9.36. The van der Waals surface area contributed by atoms with Gasteiger partial charge in [-0.1, -0.05) is 31.5 Å². The van der Waals surface area contributed by atoms with Crippen molar-refractivity contribution in [3.05, 3.63) is 64.7 Å². The Labute approximate surface area is 205 Å². The summed E-state index contributed by atoms with van der Waals surface area (Å²) in [4.78, 5) is 29.3. The summed E-state index contributed by atoms with van der Waals surface area (Å²) in [6, 6.07) is 10.6. The second kappa shape index (κ2) is 11.7. The molecule has 0 saturated carbocycles. The van der Waals surface area contributed by atoms with Crippen molar-refractivity contribution in [2.45, 2.75) is 51.6 Å². The van der Waals surface area contributed by atoms with Crippen LogP contribution in [-0.2, 0) is 11.0 Å². The summed E-state index contributed by atoms with van der Waals surface area (Å²) in [5.74, 6) is -0.0982. The lowest BCUT2D eigenvalue weighted by molar-refractivity contribution is -0.137. The van der Waals surface area contributed by atoms with Crippen molar-refractivity contribution >= 4 is 17.5 Å². The predicted octanol–water partition coefficient (Wildman–Crippen LogP) is 5.70. The first-order valence-electron chi connectivity index (χ1n) is 12.1. The third kappa shape index (κ3) is 7.31. The molecule has 2 aromatic carbocycles. The van der Waals surface area contributed by atoms with Gasteiger partial charge in [0, 0.05) is 24.3 Å². The van der Waals surface area contributed by atoms with Gasteiger partial charge >= 0.3 is 6.18 Å². The fourth-order valence-corrected chi connectivity index (χ4v) is 4.37. The van der Waals surface area contributed by atoms with E-state index in [4.69, 9.17) is 0 Å². The van der Waals surface area contributed by atoms with Crippen LogP contribution < -0.4 is 5.32 Å². The lowest BCUT2D eigenvalue weighted by Crippen LogP contribution is -2.38. The fraction of sp³-hybridized carbons (Fsp3) is 0.481. The number of rotatable bonds is 8. The molecule has 1 heterocycles. The van der Waals surface area contributed by atoms with Crippen LogP contribution in [0.2, 0.25) is 0 Å². The van der Waals surface area contributed by atoms with Crippen LogP contribution in [-0.4, -0.2) is 54.8 Å². The SMILES string of the molecule is CCCCN(C)CC(=O)Nc1cc(C(=O)N2CCC(c3ccc(C(F)(F)F)cc3)CC2)ccc1C. The Balaban J connectivity index is 1.58. The summed E-state index contributed by atoms with van der Waals surface area (Å²) in [6.45, 7) is 6.20. The number of likely N-dealkylation sites (N-methyl/N-ethyl adjacent to an activating group) is 1. The molecule has 1 saturated heterocycles. The number of aryl methyl sites for hydroxylation is 1. The average Bonchev–Trinajstić information content (AvgIpc) is 2.83. The van der Waals surface area contributed by atoms with Gasteiger partial charge in [-0.15, -0.1) is 0 Å². The monoisotopic (exact) mass is 489 g/mol. The van der Waals surface area contributed by atoms with E-state index >= 15 is 0 Å². The maximum atomic E-state index is 13.1. The molecule has 0 spiro atoms. The van der Waals surface area contributed by atoms with Crippen LogP contribution in [0.15, 0.2) is 42.5 Å². The Hall–Kier alpha value is -2.87. The van der Waals surface area contributed by atoms with Crippen molar-refractivity contribution in [2.24, 2.45) is 0 Å². The van der Waals surface area contributed by atoms with Crippen LogP contribution in [0.4, 0.5) is 18.9 Å². The van der Waals surface area contributed by atoms with Crippen LogP contribution in [0.1, 0.15) is 65.6 Å². The number of alkyl halides is 3. The smallest absolute Gasteiger partial charge is 0.339 e. The summed E-state index contributed by atoms with van der Waals surface area (Å²) in [5, 5.41) is 2.93. The number of amides is 2. The van der Waals surface area contributed by atoms with Gasteiger partial charge in [0.25, 0.3) is 5.91 Å². The zero-order valence-electron chi connectivity index (χ0n) is 20.6. The number of hydrogen-bond acceptors (Lipinski definition) is 3. The molecule has 1 aliphatic heterocycles. The fourth-order valence-electron chi connectivity index (χ4n) is 4.37. The number of unbranched alkanes of at least 4 members (excludes halogenated alkanes) is 1. The highest BCUT2D eigenvalue weighted by Gasteiger charge is 2.31. The highest BCUT2D eigenvalue weighted by Crippen LogP contribution is 2.33. The molecular weight excluding hydrogens is 455 g/mol. The average molecular weight is 490 g/mol. The van der Waals surface area contributed by atoms with Gasteiger partial charge in [0.1, 0.15) is 0 Å². The Kier molecular flexibility index (Phi) is 8.94. The first kappa shape index (κ1) is 26.7. The standard InChI is InChI=1S/C27H34F3N3O2/c1-4-5-14-32(3)18-25(34)31-24-17-22(7-6-19(24)2)26(35)33-15-12-21(13-16-33)20-8-10-23(11-9-20)27(28,29)30/h6-11,17,21H,4-5,12-16,18H2,1-3H3,(H,31,34). The maximum Gasteiger partial charge on any atom is 0.416 e. The van der Waals surface area contributed by atoms with Gasteiger partial charge in [-0.25, -0.2) is 0 Å². The molecule has 0 unspecified atom stereocenters. The predicted molar refractivity (Wildman–Crippen MR) is 132 cm³/mol. The highest BCUT2D eigenvalue weighted by molar-refractivity contribution is 5.98. The van der Waals surface area contributed by atoms with E-state index in [0.29, 0.717) is 37.2 Å². The molecule has 190 valence electrons. The van der Waals surface area contributed by atoms with Crippen molar-refractivity contribution in [3.8, 4) is 0 Å². The molecule has 2 amide bonds. The molecule has 0 aliphatic carbocycles. The number of piperidine rings is 1. The second-order valence-electron chi connectivity index (χ2n) is 9.36. The molecule has 0 bridgehead atoms. The molecule has 8 heteroatoms. The van der Waals surface area contributed by atoms with E-state index in [0.717, 1.165) is 42.6 Å². The lowest BCUT2D eigenvalue weighted by atomic mass is 9.88. The molecule has 5 nitrogen and oxygen atoms in total. The molecule has 3 rings (SSSR count). The van der Waals surface area contributed by atoms with Crippen LogP contribution in [0.3, 0.4) is 0 Å². The molecular formula is C27H34F3N3O2. The summed E-state index contributed by atoms with van der Waals surface area (Å²) in [7, 11) is 1.91. The van der Waals surface area contributed by atoms with E-state index in [1.807, 2.05) is 24.9 Å². The van der Waals surface area contributed by atoms with Crippen LogP contribution >= 0.6 is 0 Å². The van der Waals surface area contributed by atoms with E-state index in [1.54, 1.807) is 29.2 Å². The topological polar surface area (TPSA) is 52.7 Å². The number of nitrogens with zero attached hydrogens (tertiary/aromatic N) is 2. The first-order valence-corrected chi connectivity index (χ1v) is 12.1. The Bertz CT molecular complexity index is 1010. The van der Waals surface area contributed by atoms with Gasteiger partial charge in [0.15, 0.2) is 0 Å². The normalized spacial score (nSPS) is 14.9. The summed E-state index contributed by atoms with van der Waals surface area (Å²) in [6.07, 6.45) is -0.863. The maximum absolute atomic E-state index is 13.1. The molecule has 0 atom stereocenters. The molecule has 1 fully saturated rings. The van der Waals surface area contributed by atoms with Crippen molar-refractivity contribution < 1.29 is 22.8 Å². The molecule has 2 aromatic rings. The van der Waals surface area contributed by atoms with Gasteiger partial charge in [-0.05, 0) is 81.1 Å². The largest absolute Gasteiger partial charge is 0.416 e. The minimum atomic E-state index is -4.34. The zero-order valence-corrected chi connectivity index (χ0v) is 20.6. The third-order valence-electron chi connectivity index (χ3n) is 6.56. The van der Waals surface area contributed by atoms with E-state index < -0.39 is 11.7 Å². The van der Waals surface area contributed by atoms with Crippen molar-refractivity contribution in [1.82, 2.24) is 9.80 Å². The minimum Gasteiger partial charge on any atom is -0.339 e. The van der Waals surface area contributed by atoms with Gasteiger partial charge in [-0.2, -0.15) is 13.2 Å². The minimum absolute atomic E-state index is 0.105. The van der Waals surface area contributed by atoms with Gasteiger partial charge in [0.2, 0.25) is 5.91 Å². The molecule has 1 aliphatic rings. The van der Waals surface area contributed by atoms with Crippen molar-refractivity contribution in [1.29, 1.82) is 0 Å². The summed E-state index contributed by atoms with van der Waals surface area (Å²) >= 11 is 0. The van der Waals surface area contributed by atoms with Gasteiger partial charge < -0.3 is 10.2 Å². The van der Waals surface area contributed by atoms with Crippen molar-refractivity contribution in [2.75, 3.05) is 38.5 Å². The first-order chi connectivity index (χ1) is 16.6. The van der Waals surface area contributed by atoms with E-state index in [9.17, 15) is 22.8 Å². The zero-order chi connectivity index (χ0) is 25.6. The van der Waals surface area contributed by atoms with Crippen LogP contribution in [0.25, 0.3) is 0 Å². The molecule has 35 heavy (non-hydrogen) atoms. The number of halogens is 3. The van der Waals surface area contributed by atoms with Gasteiger partial charge in [-0.3, -0.25) is 14.5 Å². The lowest BCUT2D eigenvalue weighted by Gasteiger charge is -2.32. The number of carbonyl (C=O) groups is 2. The Morgan fingerprint density at radius 2 is 1.74 bits per heavy atom. The number of anilines is 1. The number of nitrogens with one attached hydrogen (secondary N) is 1. The number of likely N-dealkylation sites (tertiary alicyclic amines) is 1. The third-order valence-corrected chi connectivity index (χ3v) is 6.56. The Morgan fingerprint density at radius 1 is 1.09 bits per heavy atom. The molecule has 0 aromatic heterocycles. The quantitative estimate of drug-likeness (QED) is 0.517. The number of hydrogen-bond donors (Lipinski definition) is 1. The molecule has 1 N–H and O–H groups in total. The van der Waals surface area contributed by atoms with E-state index in [-0.39, 0.29) is 24.3 Å². The van der Waals surface area contributed by atoms with E-state index in [2.05, 4.69) is 12.2 Å². The van der Waals surface area contributed by atoms with E-state index in [1.165, 1.54) is 0 Å². The summed E-state index contributed by atoms with van der Waals surface area (Å²) in [5.41, 5.74) is 2.24. The summed E-state index contributed by atoms with van der Waals surface area (Å²) < 4.78 is 38.5. The molecule has 0 radical (unpaired) electrons. The Morgan fingerprint density at radius 3 is 2.34 bits per heavy atom.